The van der Waals surface area contributed by atoms with Crippen LogP contribution in [-0.2, 0) is 0 Å². The van der Waals surface area contributed by atoms with Crippen molar-refractivity contribution in [3.63, 3.8) is 0 Å². The van der Waals surface area contributed by atoms with E-state index in [0.717, 1.165) is 5.92 Å². The molecule has 0 heterocycles. The smallest absolute Gasteiger partial charge is 0.171 e. The Morgan fingerprint density at radius 2 is 1.67 bits per heavy atom. The fourth-order valence-corrected chi connectivity index (χ4v) is 0.392. The molecule has 0 saturated carbocycles. The topological polar surface area (TPSA) is 0 Å². The predicted octanol–water partition coefficient (Wildman–Crippen LogP) is 2.94. The van der Waals surface area contributed by atoms with Crippen molar-refractivity contribution in [1.29, 1.82) is 0 Å². The van der Waals surface area contributed by atoms with Crippen molar-refractivity contribution in [3.05, 3.63) is 5.92 Å². The van der Waals surface area contributed by atoms with Gasteiger partial charge in [-0.15, -0.1) is 0 Å². The van der Waals surface area contributed by atoms with E-state index in [-0.39, 0.29) is 6.42 Å². The van der Waals surface area contributed by atoms with Crippen LogP contribution in [0.3, 0.4) is 0 Å². The van der Waals surface area contributed by atoms with Gasteiger partial charge in [-0.25, -0.2) is 0 Å². The molecule has 0 aliphatic heterocycles. The van der Waals surface area contributed by atoms with Gasteiger partial charge in [0.2, 0.25) is 0 Å². The van der Waals surface area contributed by atoms with Gasteiger partial charge < -0.3 is 0 Å². The summed E-state index contributed by atoms with van der Waals surface area (Å²) >= 11 is 0. The summed E-state index contributed by atoms with van der Waals surface area (Å²) in [7, 11) is 0. The molecule has 1 radical (unpaired) electrons. The molecule has 0 amide bonds. The predicted molar refractivity (Wildman–Crippen MR) is 29.9 cm³/mol. The largest absolute Gasteiger partial charge is 0.389 e. The van der Waals surface area contributed by atoms with E-state index in [1.54, 1.807) is 13.8 Å². The van der Waals surface area contributed by atoms with Gasteiger partial charge in [-0.05, 0) is 12.3 Å². The highest BCUT2D eigenvalue weighted by atomic mass is 19.4. The lowest BCUT2D eigenvalue weighted by atomic mass is 10.1. The lowest BCUT2D eigenvalue weighted by Gasteiger charge is -2.06. The molecule has 0 aromatic heterocycles. The first kappa shape index (κ1) is 8.79. The number of hydrogen-bond acceptors (Lipinski definition) is 0. The van der Waals surface area contributed by atoms with E-state index in [4.69, 9.17) is 0 Å². The molecule has 0 unspecified atom stereocenters. The standard InChI is InChI=1S/C6H10F3/c1-5(2)3-4-6(7,8)9/h3-4H2,1-2H3. The van der Waals surface area contributed by atoms with Crippen LogP contribution in [0.25, 0.3) is 0 Å². The van der Waals surface area contributed by atoms with Crippen LogP contribution in [0.2, 0.25) is 0 Å². The number of hydrogen-bond donors (Lipinski definition) is 0. The fraction of sp³-hybridized carbons (Fsp3) is 0.833. The highest BCUT2D eigenvalue weighted by Crippen LogP contribution is 2.24. The zero-order valence-corrected chi connectivity index (χ0v) is 5.55. The third-order valence-corrected chi connectivity index (χ3v) is 0.908. The Morgan fingerprint density at radius 1 is 1.22 bits per heavy atom. The molecule has 0 atom stereocenters. The summed E-state index contributed by atoms with van der Waals surface area (Å²) in [5.74, 6) is 0.826. The molecule has 0 nitrogen and oxygen atoms in total. The summed E-state index contributed by atoms with van der Waals surface area (Å²) in [5.41, 5.74) is 0. The van der Waals surface area contributed by atoms with E-state index in [1.165, 1.54) is 0 Å². The summed E-state index contributed by atoms with van der Waals surface area (Å²) in [4.78, 5) is 0. The number of rotatable bonds is 2. The molecule has 0 aliphatic rings. The van der Waals surface area contributed by atoms with E-state index in [0.29, 0.717) is 0 Å². The number of halogens is 3. The second-order valence-electron chi connectivity index (χ2n) is 2.32. The first-order valence-electron chi connectivity index (χ1n) is 2.77. The van der Waals surface area contributed by atoms with Crippen LogP contribution >= 0.6 is 0 Å². The van der Waals surface area contributed by atoms with E-state index < -0.39 is 12.6 Å². The highest BCUT2D eigenvalue weighted by molar-refractivity contribution is 4.77. The third kappa shape index (κ3) is 7.79. The van der Waals surface area contributed by atoms with Crippen LogP contribution in [0.4, 0.5) is 13.2 Å². The second kappa shape index (κ2) is 3.08. The highest BCUT2D eigenvalue weighted by Gasteiger charge is 2.26. The minimum atomic E-state index is -3.99. The zero-order valence-electron chi connectivity index (χ0n) is 5.55. The lowest BCUT2D eigenvalue weighted by Crippen LogP contribution is -2.07. The maximum atomic E-state index is 11.4. The average Bonchev–Trinajstić information content (AvgIpc) is 1.59. The molecule has 0 spiro atoms. The molecular weight excluding hydrogens is 129 g/mol. The van der Waals surface area contributed by atoms with Crippen molar-refractivity contribution < 1.29 is 13.2 Å². The fourth-order valence-electron chi connectivity index (χ4n) is 0.392. The van der Waals surface area contributed by atoms with Gasteiger partial charge >= 0.3 is 6.18 Å². The summed E-state index contributed by atoms with van der Waals surface area (Å²) in [6.45, 7) is 3.40. The van der Waals surface area contributed by atoms with Crippen molar-refractivity contribution in [3.8, 4) is 0 Å². The van der Waals surface area contributed by atoms with E-state index in [2.05, 4.69) is 0 Å². The van der Waals surface area contributed by atoms with Gasteiger partial charge in [0.25, 0.3) is 0 Å². The first-order valence-corrected chi connectivity index (χ1v) is 2.77. The zero-order chi connectivity index (χ0) is 7.49. The van der Waals surface area contributed by atoms with Crippen LogP contribution in [0, 0.1) is 5.92 Å². The monoisotopic (exact) mass is 139 g/mol. The molecular formula is C6H10F3. The normalized spacial score (nSPS) is 12.7. The second-order valence-corrected chi connectivity index (χ2v) is 2.32. The Labute approximate surface area is 53.1 Å². The molecule has 0 aromatic rings. The summed E-state index contributed by atoms with van der Waals surface area (Å²) in [6.07, 6.45) is -4.52. The van der Waals surface area contributed by atoms with Crippen LogP contribution in [0.15, 0.2) is 0 Å². The Hall–Kier alpha value is -0.210. The van der Waals surface area contributed by atoms with E-state index in [9.17, 15) is 13.2 Å². The van der Waals surface area contributed by atoms with E-state index >= 15 is 0 Å². The van der Waals surface area contributed by atoms with Crippen LogP contribution in [0.5, 0.6) is 0 Å². The Bertz CT molecular complexity index is 72.9. The third-order valence-electron chi connectivity index (χ3n) is 0.908. The molecule has 3 heteroatoms. The Balaban J connectivity index is 3.28. The van der Waals surface area contributed by atoms with Gasteiger partial charge in [0, 0.05) is 6.42 Å². The Morgan fingerprint density at radius 3 is 1.78 bits per heavy atom. The number of alkyl halides is 3. The van der Waals surface area contributed by atoms with Crippen LogP contribution in [-0.4, -0.2) is 6.18 Å². The first-order chi connectivity index (χ1) is 3.92. The van der Waals surface area contributed by atoms with E-state index in [1.807, 2.05) is 0 Å². The van der Waals surface area contributed by atoms with Crippen molar-refractivity contribution in [2.45, 2.75) is 32.9 Å². The summed E-state index contributed by atoms with van der Waals surface area (Å²) in [6, 6.07) is 0. The van der Waals surface area contributed by atoms with Gasteiger partial charge in [0.15, 0.2) is 0 Å². The van der Waals surface area contributed by atoms with Crippen LogP contribution in [0.1, 0.15) is 26.7 Å². The molecule has 0 aliphatic carbocycles. The maximum Gasteiger partial charge on any atom is 0.389 e. The lowest BCUT2D eigenvalue weighted by molar-refractivity contribution is -0.134. The van der Waals surface area contributed by atoms with Crippen molar-refractivity contribution in [2.75, 3.05) is 0 Å². The molecule has 0 bridgehead atoms. The SMILES string of the molecule is C[C](C)CCC(F)(F)F. The molecule has 9 heavy (non-hydrogen) atoms. The van der Waals surface area contributed by atoms with Gasteiger partial charge in [0.05, 0.1) is 0 Å². The Kier molecular flexibility index (Phi) is 3.01. The van der Waals surface area contributed by atoms with Gasteiger partial charge in [-0.2, -0.15) is 13.2 Å². The minimum absolute atomic E-state index is 0.156. The molecule has 0 saturated heterocycles. The van der Waals surface area contributed by atoms with Gasteiger partial charge in [-0.3, -0.25) is 0 Å². The molecule has 0 N–H and O–H groups in total. The van der Waals surface area contributed by atoms with Crippen molar-refractivity contribution >= 4 is 0 Å². The minimum Gasteiger partial charge on any atom is -0.171 e. The maximum absolute atomic E-state index is 11.4. The van der Waals surface area contributed by atoms with Gasteiger partial charge in [-0.1, -0.05) is 13.8 Å². The molecule has 55 valence electrons. The van der Waals surface area contributed by atoms with Crippen molar-refractivity contribution in [2.24, 2.45) is 0 Å². The van der Waals surface area contributed by atoms with Crippen molar-refractivity contribution in [1.82, 2.24) is 0 Å². The summed E-state index contributed by atoms with van der Waals surface area (Å²) < 4.78 is 34.2. The van der Waals surface area contributed by atoms with Crippen LogP contribution < -0.4 is 0 Å². The van der Waals surface area contributed by atoms with Gasteiger partial charge in [0.1, 0.15) is 0 Å². The molecule has 0 aromatic carbocycles. The molecule has 0 rings (SSSR count). The quantitative estimate of drug-likeness (QED) is 0.551. The summed E-state index contributed by atoms with van der Waals surface area (Å²) in [5, 5.41) is 0. The molecule has 0 fully saturated rings. The average molecular weight is 139 g/mol.